The summed E-state index contributed by atoms with van der Waals surface area (Å²) in [7, 11) is -4.05. The van der Waals surface area contributed by atoms with Crippen molar-refractivity contribution in [3.63, 3.8) is 0 Å². The van der Waals surface area contributed by atoms with Crippen molar-refractivity contribution in [2.24, 2.45) is 0 Å². The Balaban J connectivity index is 1.97. The van der Waals surface area contributed by atoms with E-state index in [0.29, 0.717) is 5.56 Å². The molecule has 3 rings (SSSR count). The maximum absolute atomic E-state index is 13.0. The number of nitrogens with one attached hydrogen (secondary N) is 1. The van der Waals surface area contributed by atoms with Gasteiger partial charge in [0, 0.05) is 12.4 Å². The SMILES string of the molecule is O=S(=O)(/C=C/c1ccccc1)Nc1cc(C(F)(F)F)ccc1-n1cccn1. The highest BCUT2D eigenvalue weighted by Crippen LogP contribution is 2.33. The summed E-state index contributed by atoms with van der Waals surface area (Å²) in [5.41, 5.74) is -0.390. The van der Waals surface area contributed by atoms with Crippen LogP contribution in [0.25, 0.3) is 11.8 Å². The number of sulfonamides is 1. The number of aromatic nitrogens is 2. The molecule has 5 nitrogen and oxygen atoms in total. The van der Waals surface area contributed by atoms with Gasteiger partial charge in [0.25, 0.3) is 10.0 Å². The summed E-state index contributed by atoms with van der Waals surface area (Å²) in [5, 5.41) is 4.84. The molecule has 0 atom stereocenters. The number of hydrogen-bond acceptors (Lipinski definition) is 3. The fourth-order valence-electron chi connectivity index (χ4n) is 2.32. The molecule has 9 heteroatoms. The molecule has 27 heavy (non-hydrogen) atoms. The predicted molar refractivity (Wildman–Crippen MR) is 96.6 cm³/mol. The molecule has 1 aromatic heterocycles. The van der Waals surface area contributed by atoms with Crippen molar-refractivity contribution in [2.75, 3.05) is 4.72 Å². The van der Waals surface area contributed by atoms with Crippen LogP contribution in [0.3, 0.4) is 0 Å². The lowest BCUT2D eigenvalue weighted by molar-refractivity contribution is -0.137. The van der Waals surface area contributed by atoms with Crippen LogP contribution in [0.2, 0.25) is 0 Å². The lowest BCUT2D eigenvalue weighted by Gasteiger charge is -2.14. The lowest BCUT2D eigenvalue weighted by atomic mass is 10.1. The second-order valence-corrected chi connectivity index (χ2v) is 7.11. The third kappa shape index (κ3) is 4.76. The highest BCUT2D eigenvalue weighted by molar-refractivity contribution is 7.95. The summed E-state index contributed by atoms with van der Waals surface area (Å²) in [4.78, 5) is 0. The largest absolute Gasteiger partial charge is 0.416 e. The molecule has 0 aliphatic heterocycles. The number of alkyl halides is 3. The van der Waals surface area contributed by atoms with Crippen molar-refractivity contribution < 1.29 is 21.6 Å². The Morgan fingerprint density at radius 2 is 1.78 bits per heavy atom. The monoisotopic (exact) mass is 393 g/mol. The van der Waals surface area contributed by atoms with Gasteiger partial charge < -0.3 is 0 Å². The highest BCUT2D eigenvalue weighted by Gasteiger charge is 2.31. The first kappa shape index (κ1) is 18.7. The Morgan fingerprint density at radius 1 is 1.04 bits per heavy atom. The Kier molecular flexibility index (Phi) is 5.04. The van der Waals surface area contributed by atoms with E-state index in [1.807, 2.05) is 0 Å². The molecule has 0 saturated heterocycles. The van der Waals surface area contributed by atoms with Gasteiger partial charge in [0.05, 0.1) is 22.3 Å². The van der Waals surface area contributed by atoms with E-state index in [0.717, 1.165) is 23.6 Å². The quantitative estimate of drug-likeness (QED) is 0.703. The van der Waals surface area contributed by atoms with Gasteiger partial charge in [0.1, 0.15) is 0 Å². The fourth-order valence-corrected chi connectivity index (χ4v) is 3.20. The standard InChI is InChI=1S/C18H14F3N3O2S/c19-18(20,21)15-7-8-17(24-11-4-10-22-24)16(13-15)23-27(25,26)12-9-14-5-2-1-3-6-14/h1-13,23H/b12-9+. The molecular formula is C18H14F3N3O2S. The smallest absolute Gasteiger partial charge is 0.278 e. The first-order valence-corrected chi connectivity index (χ1v) is 9.26. The van der Waals surface area contributed by atoms with Gasteiger partial charge >= 0.3 is 6.18 Å². The number of nitrogens with zero attached hydrogens (tertiary/aromatic N) is 2. The molecular weight excluding hydrogens is 379 g/mol. The lowest BCUT2D eigenvalue weighted by Crippen LogP contribution is -2.14. The molecule has 1 N–H and O–H groups in total. The van der Waals surface area contributed by atoms with E-state index in [-0.39, 0.29) is 11.4 Å². The van der Waals surface area contributed by atoms with E-state index in [1.54, 1.807) is 36.4 Å². The second kappa shape index (κ2) is 7.28. The third-order valence-electron chi connectivity index (χ3n) is 3.57. The maximum Gasteiger partial charge on any atom is 0.416 e. The van der Waals surface area contributed by atoms with Gasteiger partial charge in [-0.15, -0.1) is 0 Å². The summed E-state index contributed by atoms with van der Waals surface area (Å²) in [6, 6.07) is 13.0. The number of rotatable bonds is 5. The molecule has 0 aliphatic rings. The molecule has 0 saturated carbocycles. The number of anilines is 1. The van der Waals surface area contributed by atoms with Crippen LogP contribution in [0.15, 0.2) is 72.4 Å². The number of hydrogen-bond donors (Lipinski definition) is 1. The van der Waals surface area contributed by atoms with E-state index in [2.05, 4.69) is 9.82 Å². The van der Waals surface area contributed by atoms with Crippen LogP contribution in [0.4, 0.5) is 18.9 Å². The Hall–Kier alpha value is -3.07. The van der Waals surface area contributed by atoms with Gasteiger partial charge in [0.15, 0.2) is 0 Å². The average Bonchev–Trinajstić information content (AvgIpc) is 3.14. The van der Waals surface area contributed by atoms with Crippen LogP contribution in [0.1, 0.15) is 11.1 Å². The van der Waals surface area contributed by atoms with E-state index in [9.17, 15) is 21.6 Å². The zero-order valence-corrected chi connectivity index (χ0v) is 14.6. The molecule has 1 heterocycles. The number of halogens is 3. The van der Waals surface area contributed by atoms with Crippen molar-refractivity contribution in [3.8, 4) is 5.69 Å². The van der Waals surface area contributed by atoms with Crippen LogP contribution < -0.4 is 4.72 Å². The normalized spacial score (nSPS) is 12.4. The molecule has 0 aliphatic carbocycles. The molecule has 0 spiro atoms. The van der Waals surface area contributed by atoms with Gasteiger partial charge in [-0.05, 0) is 35.9 Å². The molecule has 0 fully saturated rings. The summed E-state index contributed by atoms with van der Waals surface area (Å²) in [6.45, 7) is 0. The molecule has 0 radical (unpaired) electrons. The predicted octanol–water partition coefficient (Wildman–Crippen LogP) is 4.30. The van der Waals surface area contributed by atoms with E-state index < -0.39 is 21.8 Å². The van der Waals surface area contributed by atoms with Gasteiger partial charge in [0.2, 0.25) is 0 Å². The second-order valence-electron chi connectivity index (χ2n) is 5.54. The minimum Gasteiger partial charge on any atom is -0.278 e. The van der Waals surface area contributed by atoms with Crippen molar-refractivity contribution in [1.29, 1.82) is 0 Å². The zero-order valence-electron chi connectivity index (χ0n) is 13.8. The first-order valence-electron chi connectivity index (χ1n) is 7.72. The highest BCUT2D eigenvalue weighted by atomic mass is 32.2. The molecule has 3 aromatic rings. The fraction of sp³-hybridized carbons (Fsp3) is 0.0556. The van der Waals surface area contributed by atoms with E-state index in [4.69, 9.17) is 0 Å². The van der Waals surface area contributed by atoms with Crippen LogP contribution in [-0.2, 0) is 16.2 Å². The molecule has 140 valence electrons. The van der Waals surface area contributed by atoms with Crippen LogP contribution in [-0.4, -0.2) is 18.2 Å². The molecule has 2 aromatic carbocycles. The summed E-state index contributed by atoms with van der Waals surface area (Å²) in [6.07, 6.45) is -0.322. The summed E-state index contributed by atoms with van der Waals surface area (Å²) in [5.74, 6) is 0. The Bertz CT molecular complexity index is 1050. The summed E-state index contributed by atoms with van der Waals surface area (Å²) >= 11 is 0. The van der Waals surface area contributed by atoms with Crippen LogP contribution in [0, 0.1) is 0 Å². The van der Waals surface area contributed by atoms with Crippen molar-refractivity contribution in [3.05, 3.63) is 83.5 Å². The topological polar surface area (TPSA) is 64.0 Å². The Morgan fingerprint density at radius 3 is 2.41 bits per heavy atom. The molecule has 0 bridgehead atoms. The molecule has 0 amide bonds. The minimum absolute atomic E-state index is 0.171. The molecule has 0 unspecified atom stereocenters. The van der Waals surface area contributed by atoms with Crippen LogP contribution >= 0.6 is 0 Å². The first-order chi connectivity index (χ1) is 12.7. The minimum atomic E-state index is -4.61. The van der Waals surface area contributed by atoms with E-state index >= 15 is 0 Å². The van der Waals surface area contributed by atoms with Crippen molar-refractivity contribution >= 4 is 21.8 Å². The maximum atomic E-state index is 13.0. The Labute approximate surface area is 153 Å². The van der Waals surface area contributed by atoms with Crippen molar-refractivity contribution in [2.45, 2.75) is 6.18 Å². The van der Waals surface area contributed by atoms with Gasteiger partial charge in [-0.2, -0.15) is 18.3 Å². The van der Waals surface area contributed by atoms with Gasteiger partial charge in [-0.1, -0.05) is 30.3 Å². The average molecular weight is 393 g/mol. The van der Waals surface area contributed by atoms with Gasteiger partial charge in [-0.25, -0.2) is 13.1 Å². The third-order valence-corrected chi connectivity index (χ3v) is 4.57. The number of benzene rings is 2. The van der Waals surface area contributed by atoms with Crippen molar-refractivity contribution in [1.82, 2.24) is 9.78 Å². The van der Waals surface area contributed by atoms with Crippen LogP contribution in [0.5, 0.6) is 0 Å². The summed E-state index contributed by atoms with van der Waals surface area (Å²) < 4.78 is 67.2. The zero-order chi connectivity index (χ0) is 19.5. The van der Waals surface area contributed by atoms with E-state index in [1.165, 1.54) is 23.2 Å². The van der Waals surface area contributed by atoms with Gasteiger partial charge in [-0.3, -0.25) is 4.72 Å².